The maximum absolute atomic E-state index is 8.72. The van der Waals surface area contributed by atoms with Crippen molar-refractivity contribution in [2.75, 3.05) is 19.6 Å². The normalized spacial score (nSPS) is 10.5. The van der Waals surface area contributed by atoms with Crippen LogP contribution < -0.4 is 20.6 Å². The van der Waals surface area contributed by atoms with Gasteiger partial charge in [-0.1, -0.05) is 11.6 Å². The number of benzene rings is 1. The Hall–Kier alpha value is -2.46. The first-order valence-electron chi connectivity index (χ1n) is 5.03. The number of halogens is 1. The van der Waals surface area contributed by atoms with Gasteiger partial charge in [-0.05, 0) is 6.07 Å². The molecule has 0 saturated heterocycles. The zero-order valence-electron chi connectivity index (χ0n) is 10.3. The average Bonchev–Trinajstić information content (AvgIpc) is 2.39. The predicted octanol–water partition coefficient (Wildman–Crippen LogP) is 1.58. The van der Waals surface area contributed by atoms with Crippen molar-refractivity contribution in [3.05, 3.63) is 17.2 Å². The third-order valence-electron chi connectivity index (χ3n) is 2.12. The largest absolute Gasteiger partial charge is 0.495 e. The summed E-state index contributed by atoms with van der Waals surface area (Å²) >= 11 is 5.97. The van der Waals surface area contributed by atoms with Crippen LogP contribution in [0.3, 0.4) is 0 Å². The van der Waals surface area contributed by atoms with Crippen molar-refractivity contribution in [1.82, 2.24) is 0 Å². The van der Waals surface area contributed by atoms with Gasteiger partial charge in [0.05, 0.1) is 24.9 Å². The third kappa shape index (κ3) is 3.50. The summed E-state index contributed by atoms with van der Waals surface area (Å²) in [6, 6.07) is 4.78. The number of methoxy groups -OCH3 is 2. The molecule has 0 aromatic heterocycles. The number of hydrogen-bond acceptors (Lipinski definition) is 6. The Morgan fingerprint density at radius 3 is 2.53 bits per heavy atom. The standard InChI is InChI=1S/C11H12ClN5O2/c1-18-9-4-10(19-2)7(3-6(9)12)16-17-8(5-13)11(14)15/h3-4,16H,1-2H3,(H3,14,15)/b17-8+. The number of anilines is 1. The van der Waals surface area contributed by atoms with E-state index in [4.69, 9.17) is 37.5 Å². The van der Waals surface area contributed by atoms with Crippen molar-refractivity contribution in [3.8, 4) is 17.6 Å². The number of nitrogens with zero attached hydrogens (tertiary/aromatic N) is 2. The Labute approximate surface area is 115 Å². The summed E-state index contributed by atoms with van der Waals surface area (Å²) in [5.74, 6) is 0.430. The molecular weight excluding hydrogens is 270 g/mol. The van der Waals surface area contributed by atoms with E-state index in [2.05, 4.69) is 10.5 Å². The minimum atomic E-state index is -0.437. The van der Waals surface area contributed by atoms with E-state index in [1.165, 1.54) is 20.3 Å². The van der Waals surface area contributed by atoms with Crippen LogP contribution in [0.5, 0.6) is 11.5 Å². The zero-order valence-corrected chi connectivity index (χ0v) is 11.1. The van der Waals surface area contributed by atoms with E-state index < -0.39 is 5.84 Å². The first-order chi connectivity index (χ1) is 9.03. The lowest BCUT2D eigenvalue weighted by Crippen LogP contribution is -2.21. The molecular formula is C11H12ClN5O2. The SMILES string of the molecule is COc1cc(OC)c(N/N=C(\C#N)C(=N)N)cc1Cl. The van der Waals surface area contributed by atoms with Crippen LogP contribution in [0.1, 0.15) is 0 Å². The van der Waals surface area contributed by atoms with Gasteiger partial charge in [-0.25, -0.2) is 0 Å². The van der Waals surface area contributed by atoms with Gasteiger partial charge in [0, 0.05) is 6.07 Å². The van der Waals surface area contributed by atoms with Crippen LogP contribution >= 0.6 is 11.6 Å². The maximum atomic E-state index is 8.72. The molecule has 1 rings (SSSR count). The molecule has 8 heteroatoms. The molecule has 0 radical (unpaired) electrons. The number of amidine groups is 1. The molecule has 0 unspecified atom stereocenters. The Bertz CT molecular complexity index is 565. The lowest BCUT2D eigenvalue weighted by atomic mass is 10.3. The predicted molar refractivity (Wildman–Crippen MR) is 73.1 cm³/mol. The van der Waals surface area contributed by atoms with Crippen molar-refractivity contribution in [2.24, 2.45) is 10.8 Å². The number of rotatable bonds is 5. The van der Waals surface area contributed by atoms with Crippen molar-refractivity contribution in [2.45, 2.75) is 0 Å². The fourth-order valence-corrected chi connectivity index (χ4v) is 1.45. The monoisotopic (exact) mass is 281 g/mol. The van der Waals surface area contributed by atoms with E-state index in [1.807, 2.05) is 0 Å². The second-order valence-electron chi connectivity index (χ2n) is 3.28. The molecule has 0 atom stereocenters. The lowest BCUT2D eigenvalue weighted by Gasteiger charge is -2.11. The maximum Gasteiger partial charge on any atom is 0.201 e. The van der Waals surface area contributed by atoms with Crippen LogP contribution in [0.15, 0.2) is 17.2 Å². The molecule has 0 fully saturated rings. The van der Waals surface area contributed by atoms with Crippen LogP contribution in [0.4, 0.5) is 5.69 Å². The highest BCUT2D eigenvalue weighted by atomic mass is 35.5. The number of ether oxygens (including phenoxy) is 2. The summed E-state index contributed by atoms with van der Waals surface area (Å²) in [5.41, 5.74) is 7.92. The van der Waals surface area contributed by atoms with Gasteiger partial charge in [-0.2, -0.15) is 10.4 Å². The van der Waals surface area contributed by atoms with Gasteiger partial charge >= 0.3 is 0 Å². The molecule has 0 aliphatic heterocycles. The third-order valence-corrected chi connectivity index (χ3v) is 2.42. The molecule has 0 bridgehead atoms. The van der Waals surface area contributed by atoms with Gasteiger partial charge in [-0.15, -0.1) is 0 Å². The Kier molecular flexibility index (Phi) is 4.97. The number of nitrogens with one attached hydrogen (secondary N) is 2. The minimum absolute atomic E-state index is 0.242. The second kappa shape index (κ2) is 6.47. The van der Waals surface area contributed by atoms with Gasteiger partial charge in [-0.3, -0.25) is 10.8 Å². The fourth-order valence-electron chi connectivity index (χ4n) is 1.21. The summed E-state index contributed by atoms with van der Waals surface area (Å²) in [6.07, 6.45) is 0. The van der Waals surface area contributed by atoms with Crippen LogP contribution in [0.25, 0.3) is 0 Å². The van der Waals surface area contributed by atoms with E-state index >= 15 is 0 Å². The highest BCUT2D eigenvalue weighted by Gasteiger charge is 2.10. The molecule has 0 aliphatic rings. The highest BCUT2D eigenvalue weighted by Crippen LogP contribution is 2.35. The van der Waals surface area contributed by atoms with Crippen molar-refractivity contribution in [3.63, 3.8) is 0 Å². The summed E-state index contributed by atoms with van der Waals surface area (Å²) < 4.78 is 10.2. The molecule has 100 valence electrons. The minimum Gasteiger partial charge on any atom is -0.495 e. The smallest absolute Gasteiger partial charge is 0.201 e. The van der Waals surface area contributed by atoms with E-state index in [1.54, 1.807) is 12.1 Å². The molecule has 0 spiro atoms. The van der Waals surface area contributed by atoms with Crippen molar-refractivity contribution in [1.29, 1.82) is 10.7 Å². The molecule has 4 N–H and O–H groups in total. The quantitative estimate of drug-likeness (QED) is 0.430. The molecule has 0 saturated carbocycles. The molecule has 7 nitrogen and oxygen atoms in total. The highest BCUT2D eigenvalue weighted by molar-refractivity contribution is 6.45. The Balaban J connectivity index is 3.11. The van der Waals surface area contributed by atoms with Gasteiger partial charge in [0.25, 0.3) is 0 Å². The molecule has 1 aromatic carbocycles. The van der Waals surface area contributed by atoms with E-state index in [-0.39, 0.29) is 5.71 Å². The summed E-state index contributed by atoms with van der Waals surface area (Å²) in [6.45, 7) is 0. The first kappa shape index (κ1) is 14.6. The number of nitriles is 1. The van der Waals surface area contributed by atoms with Gasteiger partial charge in [0.15, 0.2) is 5.84 Å². The second-order valence-corrected chi connectivity index (χ2v) is 3.69. The summed E-state index contributed by atoms with van der Waals surface area (Å²) in [5, 5.41) is 19.9. The topological polar surface area (TPSA) is 117 Å². The van der Waals surface area contributed by atoms with Crippen LogP contribution in [0, 0.1) is 16.7 Å². The fraction of sp³-hybridized carbons (Fsp3) is 0.182. The van der Waals surface area contributed by atoms with Crippen LogP contribution in [-0.2, 0) is 0 Å². The van der Waals surface area contributed by atoms with E-state index in [0.29, 0.717) is 22.2 Å². The lowest BCUT2D eigenvalue weighted by molar-refractivity contribution is 0.395. The van der Waals surface area contributed by atoms with Gasteiger partial charge < -0.3 is 15.2 Å². The van der Waals surface area contributed by atoms with Crippen molar-refractivity contribution < 1.29 is 9.47 Å². The van der Waals surface area contributed by atoms with E-state index in [9.17, 15) is 0 Å². The summed E-state index contributed by atoms with van der Waals surface area (Å²) in [4.78, 5) is 0. The van der Waals surface area contributed by atoms with Gasteiger partial charge in [0.1, 0.15) is 17.6 Å². The number of hydrogen-bond donors (Lipinski definition) is 3. The van der Waals surface area contributed by atoms with Crippen LogP contribution in [-0.4, -0.2) is 25.8 Å². The molecule has 0 aliphatic carbocycles. The molecule has 0 heterocycles. The summed E-state index contributed by atoms with van der Waals surface area (Å²) in [7, 11) is 2.95. The average molecular weight is 282 g/mol. The molecule has 1 aromatic rings. The number of hydrazone groups is 1. The first-order valence-corrected chi connectivity index (χ1v) is 5.41. The zero-order chi connectivity index (χ0) is 14.4. The Morgan fingerprint density at radius 1 is 1.42 bits per heavy atom. The van der Waals surface area contributed by atoms with Crippen LogP contribution in [0.2, 0.25) is 5.02 Å². The van der Waals surface area contributed by atoms with Crippen molar-refractivity contribution >= 4 is 28.8 Å². The molecule has 0 amide bonds. The van der Waals surface area contributed by atoms with Gasteiger partial charge in [0.2, 0.25) is 5.71 Å². The Morgan fingerprint density at radius 2 is 2.05 bits per heavy atom. The molecule has 19 heavy (non-hydrogen) atoms. The number of nitrogens with two attached hydrogens (primary N) is 1. The van der Waals surface area contributed by atoms with E-state index in [0.717, 1.165) is 0 Å².